The van der Waals surface area contributed by atoms with Crippen molar-refractivity contribution >= 4 is 40.8 Å². The summed E-state index contributed by atoms with van der Waals surface area (Å²) in [7, 11) is 0. The van der Waals surface area contributed by atoms with Gasteiger partial charge in [-0.3, -0.25) is 4.79 Å². The topological polar surface area (TPSA) is 95.9 Å². The number of carboxylic acid groups (broad SMARTS) is 1. The first-order valence-corrected chi connectivity index (χ1v) is 11.5. The molecule has 1 aliphatic rings. The lowest BCUT2D eigenvalue weighted by Gasteiger charge is -2.10. The first-order chi connectivity index (χ1) is 17.4. The zero-order valence-corrected chi connectivity index (χ0v) is 19.6. The first kappa shape index (κ1) is 23.2. The van der Waals surface area contributed by atoms with Gasteiger partial charge in [0.1, 0.15) is 11.5 Å². The number of anilines is 1. The Bertz CT molecular complexity index is 1530. The number of amides is 1. The maximum absolute atomic E-state index is 12.8. The van der Waals surface area contributed by atoms with E-state index in [0.29, 0.717) is 33.2 Å². The van der Waals surface area contributed by atoms with Gasteiger partial charge < -0.3 is 20.3 Å². The quantitative estimate of drug-likeness (QED) is 0.270. The van der Waals surface area contributed by atoms with Crippen molar-refractivity contribution < 1.29 is 24.5 Å². The standard InChI is InChI=1S/C29H20ClNO5/c30-25-15-26-23(14-22(25)19-10-8-18(9-11-19)21-6-1-2-7-27(21)32)24(29(35)31-26)13-17-4-3-5-20(12-17)36-16-28(33)34/h1-15,32H,16H2,(H,31,35)(H,33,34). The van der Waals surface area contributed by atoms with Crippen molar-refractivity contribution in [2.45, 2.75) is 0 Å². The van der Waals surface area contributed by atoms with Crippen molar-refractivity contribution in [1.82, 2.24) is 0 Å². The normalized spacial score (nSPS) is 13.4. The summed E-state index contributed by atoms with van der Waals surface area (Å²) in [6.45, 7) is -0.451. The average molecular weight is 498 g/mol. The van der Waals surface area contributed by atoms with E-state index >= 15 is 0 Å². The van der Waals surface area contributed by atoms with Crippen LogP contribution in [0.1, 0.15) is 11.1 Å². The van der Waals surface area contributed by atoms with Crippen molar-refractivity contribution in [2.24, 2.45) is 0 Å². The van der Waals surface area contributed by atoms with E-state index in [4.69, 9.17) is 21.4 Å². The lowest BCUT2D eigenvalue weighted by atomic mass is 9.96. The third-order valence-electron chi connectivity index (χ3n) is 5.83. The summed E-state index contributed by atoms with van der Waals surface area (Å²) >= 11 is 6.59. The van der Waals surface area contributed by atoms with Crippen LogP contribution in [-0.2, 0) is 9.59 Å². The molecular formula is C29H20ClNO5. The van der Waals surface area contributed by atoms with Crippen LogP contribution in [0.15, 0.2) is 84.9 Å². The van der Waals surface area contributed by atoms with E-state index in [-0.39, 0.29) is 11.7 Å². The Morgan fingerprint density at radius 3 is 2.33 bits per heavy atom. The Balaban J connectivity index is 1.49. The average Bonchev–Trinajstić information content (AvgIpc) is 3.16. The van der Waals surface area contributed by atoms with Gasteiger partial charge in [-0.2, -0.15) is 0 Å². The van der Waals surface area contributed by atoms with E-state index in [9.17, 15) is 14.7 Å². The molecule has 0 saturated carbocycles. The molecule has 178 valence electrons. The van der Waals surface area contributed by atoms with Crippen LogP contribution in [0.5, 0.6) is 11.5 Å². The van der Waals surface area contributed by atoms with Crippen LogP contribution < -0.4 is 10.1 Å². The number of para-hydroxylation sites is 1. The highest BCUT2D eigenvalue weighted by Crippen LogP contribution is 2.41. The summed E-state index contributed by atoms with van der Waals surface area (Å²) in [5.74, 6) is -0.727. The number of nitrogens with one attached hydrogen (secondary N) is 1. The molecule has 4 aromatic rings. The molecule has 1 amide bonds. The second-order valence-corrected chi connectivity index (χ2v) is 8.65. The fourth-order valence-electron chi connectivity index (χ4n) is 4.13. The zero-order valence-electron chi connectivity index (χ0n) is 18.9. The van der Waals surface area contributed by atoms with Gasteiger partial charge in [0.2, 0.25) is 0 Å². The van der Waals surface area contributed by atoms with Gasteiger partial charge in [0.25, 0.3) is 5.91 Å². The monoisotopic (exact) mass is 497 g/mol. The minimum atomic E-state index is -1.07. The van der Waals surface area contributed by atoms with Gasteiger partial charge in [0.05, 0.1) is 10.7 Å². The smallest absolute Gasteiger partial charge is 0.341 e. The number of fused-ring (bicyclic) bond motifs is 1. The maximum atomic E-state index is 12.8. The largest absolute Gasteiger partial charge is 0.507 e. The first-order valence-electron chi connectivity index (χ1n) is 11.1. The highest BCUT2D eigenvalue weighted by molar-refractivity contribution is 6.38. The van der Waals surface area contributed by atoms with Crippen LogP contribution >= 0.6 is 11.6 Å². The lowest BCUT2D eigenvalue weighted by molar-refractivity contribution is -0.139. The summed E-state index contributed by atoms with van der Waals surface area (Å²) in [5, 5.41) is 22.3. The molecule has 36 heavy (non-hydrogen) atoms. The van der Waals surface area contributed by atoms with Crippen LogP contribution in [0.3, 0.4) is 0 Å². The van der Waals surface area contributed by atoms with Crippen molar-refractivity contribution in [1.29, 1.82) is 0 Å². The molecule has 0 atom stereocenters. The molecule has 0 saturated heterocycles. The molecule has 0 fully saturated rings. The van der Waals surface area contributed by atoms with E-state index in [1.165, 1.54) is 0 Å². The molecular weight excluding hydrogens is 478 g/mol. The van der Waals surface area contributed by atoms with Crippen molar-refractivity contribution in [2.75, 3.05) is 11.9 Å². The van der Waals surface area contributed by atoms with Crippen LogP contribution in [0.25, 0.3) is 33.9 Å². The molecule has 6 nitrogen and oxygen atoms in total. The molecule has 0 unspecified atom stereocenters. The van der Waals surface area contributed by atoms with Crippen LogP contribution in [0.4, 0.5) is 5.69 Å². The van der Waals surface area contributed by atoms with Crippen LogP contribution in [0, 0.1) is 0 Å². The second-order valence-electron chi connectivity index (χ2n) is 8.24. The Morgan fingerprint density at radius 1 is 0.889 bits per heavy atom. The van der Waals surface area contributed by atoms with Crippen molar-refractivity contribution in [3.63, 3.8) is 0 Å². The third kappa shape index (κ3) is 4.67. The van der Waals surface area contributed by atoms with Crippen LogP contribution in [0.2, 0.25) is 5.02 Å². The number of benzene rings is 4. The van der Waals surface area contributed by atoms with Gasteiger partial charge in [0, 0.05) is 22.3 Å². The number of aliphatic carboxylic acids is 1. The van der Waals surface area contributed by atoms with Gasteiger partial charge >= 0.3 is 5.97 Å². The number of ether oxygens (including phenoxy) is 1. The van der Waals surface area contributed by atoms with Crippen LogP contribution in [-0.4, -0.2) is 28.7 Å². The molecule has 1 heterocycles. The van der Waals surface area contributed by atoms with Crippen molar-refractivity contribution in [3.8, 4) is 33.8 Å². The van der Waals surface area contributed by atoms with Gasteiger partial charge in [-0.25, -0.2) is 4.79 Å². The number of phenols is 1. The summed E-state index contributed by atoms with van der Waals surface area (Å²) in [6.07, 6.45) is 1.73. The summed E-state index contributed by atoms with van der Waals surface area (Å²) in [6, 6.07) is 25.3. The molecule has 0 aliphatic carbocycles. The number of phenolic OH excluding ortho intramolecular Hbond substituents is 1. The number of hydrogen-bond donors (Lipinski definition) is 3. The minimum Gasteiger partial charge on any atom is -0.507 e. The number of aromatic hydroxyl groups is 1. The molecule has 5 rings (SSSR count). The number of rotatable bonds is 6. The van der Waals surface area contributed by atoms with Crippen molar-refractivity contribution in [3.05, 3.63) is 101 Å². The molecule has 7 heteroatoms. The number of hydrogen-bond acceptors (Lipinski definition) is 4. The van der Waals surface area contributed by atoms with E-state index in [1.807, 2.05) is 42.5 Å². The minimum absolute atomic E-state index is 0.206. The van der Waals surface area contributed by atoms with Gasteiger partial charge in [0.15, 0.2) is 6.61 Å². The lowest BCUT2D eigenvalue weighted by Crippen LogP contribution is -2.09. The Morgan fingerprint density at radius 2 is 1.61 bits per heavy atom. The van der Waals surface area contributed by atoms with Gasteiger partial charge in [-0.1, -0.05) is 66.2 Å². The third-order valence-corrected chi connectivity index (χ3v) is 6.15. The summed E-state index contributed by atoms with van der Waals surface area (Å²) < 4.78 is 5.25. The molecule has 0 spiro atoms. The van der Waals surface area contributed by atoms with E-state index in [2.05, 4.69) is 5.32 Å². The molecule has 0 radical (unpaired) electrons. The number of carboxylic acids is 1. The Labute approximate surface area is 212 Å². The predicted octanol–water partition coefficient (Wildman–Crippen LogP) is 6.34. The molecule has 3 N–H and O–H groups in total. The predicted molar refractivity (Wildman–Crippen MR) is 140 cm³/mol. The highest BCUT2D eigenvalue weighted by Gasteiger charge is 2.26. The molecule has 0 bridgehead atoms. The fourth-order valence-corrected chi connectivity index (χ4v) is 4.40. The zero-order chi connectivity index (χ0) is 25.2. The highest BCUT2D eigenvalue weighted by atomic mass is 35.5. The SMILES string of the molecule is O=C(O)COc1cccc(C=C2C(=O)Nc3cc(Cl)c(-c4ccc(-c5ccccc5O)cc4)cc32)c1. The van der Waals surface area contributed by atoms with E-state index in [1.54, 1.807) is 48.5 Å². The number of carbonyl (C=O) groups is 2. The Kier molecular flexibility index (Phi) is 6.19. The second kappa shape index (κ2) is 9.60. The molecule has 4 aromatic carbocycles. The summed E-state index contributed by atoms with van der Waals surface area (Å²) in [5.41, 5.74) is 5.72. The maximum Gasteiger partial charge on any atom is 0.341 e. The fraction of sp³-hybridized carbons (Fsp3) is 0.0345. The number of carbonyl (C=O) groups excluding carboxylic acids is 1. The Hall–Kier alpha value is -4.55. The molecule has 1 aliphatic heterocycles. The number of halogens is 1. The van der Waals surface area contributed by atoms with E-state index in [0.717, 1.165) is 22.3 Å². The van der Waals surface area contributed by atoms with E-state index < -0.39 is 12.6 Å². The summed E-state index contributed by atoms with van der Waals surface area (Å²) in [4.78, 5) is 23.6. The van der Waals surface area contributed by atoms with Gasteiger partial charge in [-0.05, 0) is 53.1 Å². The molecule has 0 aromatic heterocycles. The van der Waals surface area contributed by atoms with Gasteiger partial charge in [-0.15, -0.1) is 0 Å².